The monoisotopic (exact) mass is 277 g/mol. The van der Waals surface area contributed by atoms with Gasteiger partial charge in [0.15, 0.2) is 0 Å². The molecule has 0 bridgehead atoms. The number of halogens is 1. The van der Waals surface area contributed by atoms with Crippen LogP contribution in [0.3, 0.4) is 0 Å². The molecule has 0 rings (SSSR count). The predicted octanol–water partition coefficient (Wildman–Crippen LogP) is 3.64. The predicted molar refractivity (Wildman–Crippen MR) is 69.4 cm³/mol. The molecule has 3 heteroatoms. The van der Waals surface area contributed by atoms with E-state index in [4.69, 9.17) is 0 Å². The van der Waals surface area contributed by atoms with Gasteiger partial charge < -0.3 is 5.32 Å². The largest absolute Gasteiger partial charge is 0.356 e. The first kappa shape index (κ1) is 14.9. The zero-order valence-corrected chi connectivity index (χ0v) is 11.6. The molecule has 0 aliphatic carbocycles. The van der Waals surface area contributed by atoms with Gasteiger partial charge in [-0.15, -0.1) is 0 Å². The molecule has 1 atom stereocenters. The molecule has 15 heavy (non-hydrogen) atoms. The summed E-state index contributed by atoms with van der Waals surface area (Å²) in [7, 11) is 0. The Balaban J connectivity index is 3.26. The van der Waals surface area contributed by atoms with Crippen molar-refractivity contribution in [2.24, 2.45) is 0 Å². The number of nitrogens with one attached hydrogen (secondary N) is 1. The van der Waals surface area contributed by atoms with E-state index in [-0.39, 0.29) is 5.91 Å². The Morgan fingerprint density at radius 1 is 1.27 bits per heavy atom. The van der Waals surface area contributed by atoms with Gasteiger partial charge in [-0.05, 0) is 19.3 Å². The minimum Gasteiger partial charge on any atom is -0.356 e. The Bertz CT molecular complexity index is 162. The number of carbonyl (C=O) groups is 1. The van der Waals surface area contributed by atoms with Crippen molar-refractivity contribution in [1.82, 2.24) is 5.32 Å². The first-order chi connectivity index (χ1) is 7.20. The average molecular weight is 278 g/mol. The van der Waals surface area contributed by atoms with E-state index in [1.54, 1.807) is 0 Å². The Hall–Kier alpha value is -0.0500. The molecule has 0 heterocycles. The minimum absolute atomic E-state index is 0.210. The van der Waals surface area contributed by atoms with Crippen LogP contribution in [0.15, 0.2) is 0 Å². The molecule has 1 N–H and O–H groups in total. The summed E-state index contributed by atoms with van der Waals surface area (Å²) >= 11 is 3.55. The van der Waals surface area contributed by atoms with E-state index in [0.29, 0.717) is 11.2 Å². The molecule has 1 unspecified atom stereocenters. The van der Waals surface area contributed by atoms with Crippen molar-refractivity contribution >= 4 is 21.8 Å². The maximum Gasteiger partial charge on any atom is 0.219 e. The fraction of sp³-hybridized carbons (Fsp3) is 0.917. The van der Waals surface area contributed by atoms with Crippen molar-refractivity contribution in [3.05, 3.63) is 0 Å². The molecular weight excluding hydrogens is 254 g/mol. The Labute approximate surface area is 102 Å². The summed E-state index contributed by atoms with van der Waals surface area (Å²) in [6, 6.07) is 0. The molecule has 0 saturated heterocycles. The van der Waals surface area contributed by atoms with Crippen LogP contribution >= 0.6 is 15.9 Å². The second-order valence-electron chi connectivity index (χ2n) is 3.95. The Morgan fingerprint density at radius 3 is 2.60 bits per heavy atom. The van der Waals surface area contributed by atoms with Crippen molar-refractivity contribution in [1.29, 1.82) is 0 Å². The molecule has 0 radical (unpaired) electrons. The van der Waals surface area contributed by atoms with Gasteiger partial charge >= 0.3 is 0 Å². The van der Waals surface area contributed by atoms with Crippen LogP contribution < -0.4 is 5.32 Å². The van der Waals surface area contributed by atoms with Crippen molar-refractivity contribution in [3.8, 4) is 0 Å². The summed E-state index contributed by atoms with van der Waals surface area (Å²) < 4.78 is 0. The summed E-state index contributed by atoms with van der Waals surface area (Å²) in [6.07, 6.45) is 7.52. The molecule has 0 saturated carbocycles. The van der Waals surface area contributed by atoms with Crippen molar-refractivity contribution in [2.75, 3.05) is 6.54 Å². The maximum atomic E-state index is 11.3. The van der Waals surface area contributed by atoms with Crippen LogP contribution in [-0.2, 0) is 4.79 Å². The summed E-state index contributed by atoms with van der Waals surface area (Å²) in [5.74, 6) is 0.210. The van der Waals surface area contributed by atoms with E-state index in [1.807, 2.05) is 0 Å². The summed E-state index contributed by atoms with van der Waals surface area (Å²) in [4.78, 5) is 11.9. The van der Waals surface area contributed by atoms with Gasteiger partial charge in [-0.25, -0.2) is 0 Å². The zero-order chi connectivity index (χ0) is 11.5. The normalized spacial score (nSPS) is 12.5. The minimum atomic E-state index is 0.210. The molecule has 0 aliphatic rings. The lowest BCUT2D eigenvalue weighted by Gasteiger charge is -2.08. The van der Waals surface area contributed by atoms with Gasteiger partial charge in [0.1, 0.15) is 0 Å². The third kappa shape index (κ3) is 10.2. The average Bonchev–Trinajstić information content (AvgIpc) is 2.24. The number of rotatable bonds is 9. The molecule has 0 aromatic carbocycles. The standard InChI is InChI=1S/C12H24BrNO/c1-3-5-6-7-8-12(15)14-10-9-11(13)4-2/h11H,3-10H2,1-2H3,(H,14,15). The Morgan fingerprint density at radius 2 is 2.00 bits per heavy atom. The SMILES string of the molecule is CCCCCCC(=O)NCCC(Br)CC. The lowest BCUT2D eigenvalue weighted by Crippen LogP contribution is -2.25. The highest BCUT2D eigenvalue weighted by molar-refractivity contribution is 9.09. The van der Waals surface area contributed by atoms with Crippen molar-refractivity contribution in [2.45, 2.75) is 63.6 Å². The third-order valence-corrected chi connectivity index (χ3v) is 3.59. The van der Waals surface area contributed by atoms with Crippen LogP contribution in [-0.4, -0.2) is 17.3 Å². The quantitative estimate of drug-likeness (QED) is 0.506. The van der Waals surface area contributed by atoms with E-state index in [1.165, 1.54) is 19.3 Å². The highest BCUT2D eigenvalue weighted by atomic mass is 79.9. The molecular formula is C12H24BrNO. The number of alkyl halides is 1. The van der Waals surface area contributed by atoms with Crippen molar-refractivity contribution in [3.63, 3.8) is 0 Å². The summed E-state index contributed by atoms with van der Waals surface area (Å²) in [6.45, 7) is 5.13. The smallest absolute Gasteiger partial charge is 0.219 e. The van der Waals surface area contributed by atoms with Crippen LogP contribution in [0.5, 0.6) is 0 Å². The molecule has 0 spiro atoms. The molecule has 90 valence electrons. The van der Waals surface area contributed by atoms with Gasteiger partial charge in [0.05, 0.1) is 0 Å². The number of amides is 1. The first-order valence-corrected chi connectivity index (χ1v) is 7.03. The van der Waals surface area contributed by atoms with Crippen LogP contribution in [0.1, 0.15) is 58.8 Å². The van der Waals surface area contributed by atoms with Crippen molar-refractivity contribution < 1.29 is 4.79 Å². The number of hydrogen-bond donors (Lipinski definition) is 1. The zero-order valence-electron chi connectivity index (χ0n) is 10.0. The van der Waals surface area contributed by atoms with Gasteiger partial charge in [0.2, 0.25) is 5.91 Å². The first-order valence-electron chi connectivity index (χ1n) is 6.11. The molecule has 0 aromatic heterocycles. The maximum absolute atomic E-state index is 11.3. The lowest BCUT2D eigenvalue weighted by molar-refractivity contribution is -0.121. The fourth-order valence-corrected chi connectivity index (χ4v) is 1.60. The number of hydrogen-bond acceptors (Lipinski definition) is 1. The fourth-order valence-electron chi connectivity index (χ4n) is 1.37. The topological polar surface area (TPSA) is 29.1 Å². The second kappa shape index (κ2) is 10.5. The molecule has 1 amide bonds. The summed E-state index contributed by atoms with van der Waals surface area (Å²) in [5.41, 5.74) is 0. The van der Waals surface area contributed by atoms with E-state index in [9.17, 15) is 4.79 Å². The van der Waals surface area contributed by atoms with E-state index < -0.39 is 0 Å². The van der Waals surface area contributed by atoms with Crippen LogP contribution in [0.25, 0.3) is 0 Å². The van der Waals surface area contributed by atoms with Gasteiger partial charge in [-0.3, -0.25) is 4.79 Å². The van der Waals surface area contributed by atoms with E-state index in [0.717, 1.165) is 25.8 Å². The molecule has 0 aromatic rings. The van der Waals surface area contributed by atoms with Crippen LogP contribution in [0.4, 0.5) is 0 Å². The lowest BCUT2D eigenvalue weighted by atomic mass is 10.1. The summed E-state index contributed by atoms with van der Waals surface area (Å²) in [5, 5.41) is 2.96. The van der Waals surface area contributed by atoms with Gasteiger partial charge in [0, 0.05) is 17.8 Å². The second-order valence-corrected chi connectivity index (χ2v) is 5.25. The van der Waals surface area contributed by atoms with Crippen LogP contribution in [0.2, 0.25) is 0 Å². The van der Waals surface area contributed by atoms with Gasteiger partial charge in [-0.1, -0.05) is 49.0 Å². The van der Waals surface area contributed by atoms with E-state index >= 15 is 0 Å². The van der Waals surface area contributed by atoms with Gasteiger partial charge in [-0.2, -0.15) is 0 Å². The molecule has 2 nitrogen and oxygen atoms in total. The third-order valence-electron chi connectivity index (χ3n) is 2.48. The number of unbranched alkanes of at least 4 members (excludes halogenated alkanes) is 3. The molecule has 0 fully saturated rings. The Kier molecular flexibility index (Phi) is 10.4. The highest BCUT2D eigenvalue weighted by Gasteiger charge is 2.03. The van der Waals surface area contributed by atoms with E-state index in [2.05, 4.69) is 35.1 Å². The number of carbonyl (C=O) groups excluding carboxylic acids is 1. The van der Waals surface area contributed by atoms with Crippen LogP contribution in [0, 0.1) is 0 Å². The van der Waals surface area contributed by atoms with Gasteiger partial charge in [0.25, 0.3) is 0 Å². The molecule has 0 aliphatic heterocycles. The highest BCUT2D eigenvalue weighted by Crippen LogP contribution is 2.08.